The van der Waals surface area contributed by atoms with E-state index in [4.69, 9.17) is 16.3 Å². The lowest BCUT2D eigenvalue weighted by Crippen LogP contribution is -2.22. The van der Waals surface area contributed by atoms with Crippen molar-refractivity contribution < 1.29 is 13.5 Å². The Morgan fingerprint density at radius 3 is 2.76 bits per heavy atom. The van der Waals surface area contributed by atoms with Gasteiger partial charge in [-0.05, 0) is 18.1 Å². The monoisotopic (exact) mass is 435 g/mol. The molecule has 0 aliphatic carbocycles. The molecule has 8 heteroatoms. The molecule has 2 unspecified atom stereocenters. The van der Waals surface area contributed by atoms with E-state index in [1.165, 1.54) is 18.5 Å². The van der Waals surface area contributed by atoms with E-state index in [2.05, 4.69) is 23.9 Å². The van der Waals surface area contributed by atoms with Crippen molar-refractivity contribution in [3.8, 4) is 0 Å². The van der Waals surface area contributed by atoms with Gasteiger partial charge in [-0.2, -0.15) is 5.10 Å². The number of halogens is 3. The van der Waals surface area contributed by atoms with Crippen LogP contribution in [0.4, 0.5) is 8.78 Å². The number of nitrogens with zero attached hydrogens (tertiary/aromatic N) is 3. The minimum Gasteiger partial charge on any atom is -0.354 e. The molecule has 2 heterocycles. The molecule has 29 heavy (non-hydrogen) atoms. The fourth-order valence-electron chi connectivity index (χ4n) is 3.36. The zero-order valence-corrected chi connectivity index (χ0v) is 17.6. The van der Waals surface area contributed by atoms with Crippen LogP contribution < -0.4 is 0 Å². The Morgan fingerprint density at radius 2 is 2.03 bits per heavy atom. The van der Waals surface area contributed by atoms with E-state index < -0.39 is 23.3 Å². The van der Waals surface area contributed by atoms with Gasteiger partial charge in [0.05, 0.1) is 6.54 Å². The molecule has 0 saturated carbocycles. The smallest absolute Gasteiger partial charge is 0.186 e. The second kappa shape index (κ2) is 8.05. The van der Waals surface area contributed by atoms with Gasteiger partial charge >= 0.3 is 0 Å². The predicted molar refractivity (Wildman–Crippen MR) is 109 cm³/mol. The van der Waals surface area contributed by atoms with Crippen molar-refractivity contribution in [2.45, 2.75) is 37.3 Å². The maximum absolute atomic E-state index is 14.8. The first-order valence-electron chi connectivity index (χ1n) is 9.29. The van der Waals surface area contributed by atoms with Crippen molar-refractivity contribution in [2.75, 3.05) is 5.75 Å². The summed E-state index contributed by atoms with van der Waals surface area (Å²) < 4.78 is 36.1. The minimum absolute atomic E-state index is 0.242. The maximum Gasteiger partial charge on any atom is 0.186 e. The highest BCUT2D eigenvalue weighted by atomic mass is 35.5. The standard InChI is InChI=1S/C21H20ClF2N3OS/c1-13(2)10-29-20-25-12-26-27(20)11-21(16-8-7-14(23)9-18(16)24)19(28-21)15-5-3-4-6-17(15)22/h3-9,12-13,19H,10-11H2,1-2H3. The van der Waals surface area contributed by atoms with Crippen LogP contribution in [0.5, 0.6) is 0 Å². The van der Waals surface area contributed by atoms with E-state index in [1.807, 2.05) is 18.2 Å². The van der Waals surface area contributed by atoms with E-state index in [1.54, 1.807) is 22.5 Å². The van der Waals surface area contributed by atoms with Gasteiger partial charge in [-0.3, -0.25) is 0 Å². The van der Waals surface area contributed by atoms with Crippen molar-refractivity contribution in [2.24, 2.45) is 5.92 Å². The third kappa shape index (κ3) is 4.04. The number of ether oxygens (including phenoxy) is 1. The third-order valence-electron chi connectivity index (χ3n) is 4.78. The molecule has 1 fully saturated rings. The summed E-state index contributed by atoms with van der Waals surface area (Å²) >= 11 is 7.95. The number of rotatable bonds is 7. The van der Waals surface area contributed by atoms with Crippen LogP contribution in [-0.4, -0.2) is 20.5 Å². The predicted octanol–water partition coefficient (Wildman–Crippen LogP) is 5.62. The first-order valence-corrected chi connectivity index (χ1v) is 10.7. The number of thioether (sulfide) groups is 1. The first-order chi connectivity index (χ1) is 13.9. The molecular formula is C21H20ClF2N3OS. The Morgan fingerprint density at radius 1 is 1.24 bits per heavy atom. The van der Waals surface area contributed by atoms with Crippen molar-refractivity contribution in [3.63, 3.8) is 0 Å². The Bertz CT molecular complexity index is 1030. The highest BCUT2D eigenvalue weighted by Crippen LogP contribution is 2.59. The van der Waals surface area contributed by atoms with Crippen molar-refractivity contribution in [1.82, 2.24) is 14.8 Å². The molecule has 1 saturated heterocycles. The minimum atomic E-state index is -1.04. The first kappa shape index (κ1) is 20.3. The van der Waals surface area contributed by atoms with Crippen molar-refractivity contribution >= 4 is 23.4 Å². The number of epoxide rings is 1. The fourth-order valence-corrected chi connectivity index (χ4v) is 4.46. The van der Waals surface area contributed by atoms with Crippen LogP contribution in [0.15, 0.2) is 53.9 Å². The second-order valence-corrected chi connectivity index (χ2v) is 8.83. The molecule has 1 aromatic heterocycles. The zero-order valence-electron chi connectivity index (χ0n) is 16.0. The molecule has 2 atom stereocenters. The molecule has 0 N–H and O–H groups in total. The molecule has 0 radical (unpaired) electrons. The Balaban J connectivity index is 1.72. The molecular weight excluding hydrogens is 416 g/mol. The van der Waals surface area contributed by atoms with Gasteiger partial charge in [0.1, 0.15) is 29.7 Å². The van der Waals surface area contributed by atoms with Crippen LogP contribution >= 0.6 is 23.4 Å². The fraction of sp³-hybridized carbons (Fsp3) is 0.333. The number of hydrogen-bond donors (Lipinski definition) is 0. The third-order valence-corrected chi connectivity index (χ3v) is 6.53. The SMILES string of the molecule is CC(C)CSc1ncnn1CC1(c2ccc(F)cc2F)OC1c1ccccc1Cl. The average Bonchev–Trinajstić information content (AvgIpc) is 3.20. The highest BCUT2D eigenvalue weighted by molar-refractivity contribution is 7.99. The van der Waals surface area contributed by atoms with Gasteiger partial charge in [0.15, 0.2) is 5.16 Å². The highest BCUT2D eigenvalue weighted by Gasteiger charge is 2.61. The van der Waals surface area contributed by atoms with Gasteiger partial charge in [-0.25, -0.2) is 18.4 Å². The molecule has 3 aromatic rings. The molecule has 1 aliphatic heterocycles. The summed E-state index contributed by atoms with van der Waals surface area (Å²) in [7, 11) is 0. The number of hydrogen-bond acceptors (Lipinski definition) is 4. The summed E-state index contributed by atoms with van der Waals surface area (Å²) in [6.45, 7) is 4.49. The summed E-state index contributed by atoms with van der Waals surface area (Å²) in [6, 6.07) is 10.8. The average molecular weight is 436 g/mol. The summed E-state index contributed by atoms with van der Waals surface area (Å²) in [5.41, 5.74) is -0.00241. The second-order valence-electron chi connectivity index (χ2n) is 7.44. The maximum atomic E-state index is 14.8. The Hall–Kier alpha value is -1.96. The number of benzene rings is 2. The summed E-state index contributed by atoms with van der Waals surface area (Å²) in [4.78, 5) is 4.33. The van der Waals surface area contributed by atoms with E-state index in [9.17, 15) is 8.78 Å². The molecule has 0 spiro atoms. The lowest BCUT2D eigenvalue weighted by atomic mass is 9.91. The van der Waals surface area contributed by atoms with Crippen molar-refractivity contribution in [1.29, 1.82) is 0 Å². The van der Waals surface area contributed by atoms with Crippen LogP contribution in [0.1, 0.15) is 31.1 Å². The molecule has 1 aliphatic rings. The molecule has 4 nitrogen and oxygen atoms in total. The van der Waals surface area contributed by atoms with E-state index in [-0.39, 0.29) is 12.1 Å². The van der Waals surface area contributed by atoms with Crippen LogP contribution in [0.25, 0.3) is 0 Å². The molecule has 152 valence electrons. The van der Waals surface area contributed by atoms with Gasteiger partial charge in [-0.15, -0.1) is 0 Å². The summed E-state index contributed by atoms with van der Waals surface area (Å²) in [5.74, 6) is 0.0776. The van der Waals surface area contributed by atoms with Crippen LogP contribution in [0.2, 0.25) is 5.02 Å². The van der Waals surface area contributed by atoms with Gasteiger partial charge in [0.2, 0.25) is 0 Å². The topological polar surface area (TPSA) is 43.2 Å². The number of aromatic nitrogens is 3. The molecule has 0 amide bonds. The van der Waals surface area contributed by atoms with E-state index in [0.29, 0.717) is 10.9 Å². The van der Waals surface area contributed by atoms with Crippen LogP contribution in [0.3, 0.4) is 0 Å². The van der Waals surface area contributed by atoms with Gasteiger partial charge in [0, 0.05) is 28.0 Å². The van der Waals surface area contributed by atoms with Gasteiger partial charge in [0.25, 0.3) is 0 Å². The van der Waals surface area contributed by atoms with Crippen LogP contribution in [-0.2, 0) is 16.9 Å². The Kier molecular flexibility index (Phi) is 5.64. The van der Waals surface area contributed by atoms with Gasteiger partial charge < -0.3 is 4.74 Å². The lowest BCUT2D eigenvalue weighted by Gasteiger charge is -2.17. The van der Waals surface area contributed by atoms with Crippen LogP contribution in [0, 0.1) is 17.6 Å². The zero-order chi connectivity index (χ0) is 20.6. The quantitative estimate of drug-likeness (QED) is 0.356. The van der Waals surface area contributed by atoms with E-state index in [0.717, 1.165) is 22.5 Å². The van der Waals surface area contributed by atoms with Crippen molar-refractivity contribution in [3.05, 3.63) is 76.6 Å². The largest absolute Gasteiger partial charge is 0.354 e. The van der Waals surface area contributed by atoms with E-state index >= 15 is 0 Å². The lowest BCUT2D eigenvalue weighted by molar-refractivity contribution is 0.250. The van der Waals surface area contributed by atoms with Gasteiger partial charge in [-0.1, -0.05) is 61.5 Å². The normalized spacial score (nSPS) is 21.0. The Labute approximate surface area is 177 Å². The molecule has 2 aromatic carbocycles. The molecule has 0 bridgehead atoms. The molecule has 4 rings (SSSR count). The summed E-state index contributed by atoms with van der Waals surface area (Å²) in [6.07, 6.45) is 1.01. The summed E-state index contributed by atoms with van der Waals surface area (Å²) in [5, 5.41) is 5.59.